The Morgan fingerprint density at radius 3 is 3.10 bits per heavy atom. The van der Waals surface area contributed by atoms with E-state index in [-0.39, 0.29) is 11.8 Å². The van der Waals surface area contributed by atoms with Gasteiger partial charge in [-0.15, -0.1) is 0 Å². The molecule has 1 aromatic rings. The SMILES string of the molecule is CCNC(=O)C1CNCCN1C(=O)c1ccncc1Cl. The van der Waals surface area contributed by atoms with Crippen molar-refractivity contribution in [1.29, 1.82) is 0 Å². The van der Waals surface area contributed by atoms with E-state index in [1.165, 1.54) is 12.4 Å². The van der Waals surface area contributed by atoms with Crippen molar-refractivity contribution in [1.82, 2.24) is 20.5 Å². The molecule has 1 aliphatic rings. The highest BCUT2D eigenvalue weighted by molar-refractivity contribution is 6.33. The van der Waals surface area contributed by atoms with E-state index in [9.17, 15) is 9.59 Å². The molecule has 20 heavy (non-hydrogen) atoms. The van der Waals surface area contributed by atoms with Crippen molar-refractivity contribution in [2.75, 3.05) is 26.2 Å². The molecule has 2 heterocycles. The molecule has 1 saturated heterocycles. The lowest BCUT2D eigenvalue weighted by atomic mass is 10.1. The fraction of sp³-hybridized carbons (Fsp3) is 0.462. The van der Waals surface area contributed by atoms with E-state index in [4.69, 9.17) is 11.6 Å². The van der Waals surface area contributed by atoms with Gasteiger partial charge >= 0.3 is 0 Å². The Hall–Kier alpha value is -1.66. The van der Waals surface area contributed by atoms with E-state index in [0.717, 1.165) is 0 Å². The zero-order valence-corrected chi connectivity index (χ0v) is 12.0. The third kappa shape index (κ3) is 3.08. The number of nitrogens with zero attached hydrogens (tertiary/aromatic N) is 2. The molecule has 0 bridgehead atoms. The Morgan fingerprint density at radius 1 is 1.60 bits per heavy atom. The summed E-state index contributed by atoms with van der Waals surface area (Å²) in [5.41, 5.74) is 0.373. The van der Waals surface area contributed by atoms with Gasteiger partial charge in [0.1, 0.15) is 6.04 Å². The van der Waals surface area contributed by atoms with E-state index in [1.54, 1.807) is 11.0 Å². The average Bonchev–Trinajstić information content (AvgIpc) is 2.47. The lowest BCUT2D eigenvalue weighted by molar-refractivity contribution is -0.126. The molecule has 108 valence electrons. The molecule has 1 aliphatic heterocycles. The van der Waals surface area contributed by atoms with Crippen LogP contribution in [-0.4, -0.2) is 53.9 Å². The zero-order valence-electron chi connectivity index (χ0n) is 11.2. The predicted molar refractivity (Wildman–Crippen MR) is 75.6 cm³/mol. The number of piperazine rings is 1. The van der Waals surface area contributed by atoms with Gasteiger partial charge in [-0.05, 0) is 13.0 Å². The summed E-state index contributed by atoms with van der Waals surface area (Å²) in [5.74, 6) is -0.395. The van der Waals surface area contributed by atoms with Crippen LogP contribution >= 0.6 is 11.6 Å². The van der Waals surface area contributed by atoms with Crippen LogP contribution in [0.15, 0.2) is 18.5 Å². The molecule has 6 nitrogen and oxygen atoms in total. The molecule has 0 radical (unpaired) electrons. The number of hydrogen-bond acceptors (Lipinski definition) is 4. The van der Waals surface area contributed by atoms with Gasteiger partial charge in [-0.25, -0.2) is 0 Å². The number of halogens is 1. The van der Waals surface area contributed by atoms with Crippen molar-refractivity contribution in [3.8, 4) is 0 Å². The maximum atomic E-state index is 12.5. The first-order valence-corrected chi connectivity index (χ1v) is 6.92. The van der Waals surface area contributed by atoms with Crippen LogP contribution in [-0.2, 0) is 4.79 Å². The number of likely N-dealkylation sites (N-methyl/N-ethyl adjacent to an activating group) is 1. The fourth-order valence-electron chi connectivity index (χ4n) is 2.18. The van der Waals surface area contributed by atoms with Gasteiger partial charge in [0.05, 0.1) is 10.6 Å². The van der Waals surface area contributed by atoms with E-state index in [1.807, 2.05) is 6.92 Å². The van der Waals surface area contributed by atoms with Gasteiger partial charge in [0.15, 0.2) is 0 Å². The Kier molecular flexibility index (Phi) is 4.92. The highest BCUT2D eigenvalue weighted by Gasteiger charge is 2.32. The summed E-state index contributed by atoms with van der Waals surface area (Å²) < 4.78 is 0. The first-order chi connectivity index (χ1) is 9.65. The largest absolute Gasteiger partial charge is 0.355 e. The maximum absolute atomic E-state index is 12.5. The minimum atomic E-state index is -0.513. The summed E-state index contributed by atoms with van der Waals surface area (Å²) >= 11 is 6.00. The lowest BCUT2D eigenvalue weighted by Gasteiger charge is -2.35. The minimum absolute atomic E-state index is 0.154. The van der Waals surface area contributed by atoms with Crippen LogP contribution in [0.4, 0.5) is 0 Å². The molecular weight excluding hydrogens is 280 g/mol. The topological polar surface area (TPSA) is 74.3 Å². The van der Waals surface area contributed by atoms with Gasteiger partial charge in [0, 0.05) is 38.6 Å². The van der Waals surface area contributed by atoms with E-state index < -0.39 is 6.04 Å². The van der Waals surface area contributed by atoms with Crippen LogP contribution in [0.2, 0.25) is 5.02 Å². The normalized spacial score (nSPS) is 18.7. The van der Waals surface area contributed by atoms with Crippen molar-refractivity contribution in [2.24, 2.45) is 0 Å². The maximum Gasteiger partial charge on any atom is 0.256 e. The summed E-state index contributed by atoms with van der Waals surface area (Å²) in [6, 6.07) is 1.06. The monoisotopic (exact) mass is 296 g/mol. The smallest absolute Gasteiger partial charge is 0.256 e. The molecule has 1 aromatic heterocycles. The second kappa shape index (κ2) is 6.67. The molecule has 0 aromatic carbocycles. The van der Waals surface area contributed by atoms with Gasteiger partial charge in [-0.3, -0.25) is 14.6 Å². The Balaban J connectivity index is 2.22. The number of rotatable bonds is 3. The fourth-order valence-corrected chi connectivity index (χ4v) is 2.38. The predicted octanol–water partition coefficient (Wildman–Crippen LogP) is 0.285. The van der Waals surface area contributed by atoms with Gasteiger partial charge in [-0.1, -0.05) is 11.6 Å². The number of carbonyl (C=O) groups excluding carboxylic acids is 2. The number of hydrogen-bond donors (Lipinski definition) is 2. The van der Waals surface area contributed by atoms with Crippen molar-refractivity contribution >= 4 is 23.4 Å². The van der Waals surface area contributed by atoms with Crippen molar-refractivity contribution in [3.63, 3.8) is 0 Å². The van der Waals surface area contributed by atoms with Crippen molar-refractivity contribution in [3.05, 3.63) is 29.0 Å². The highest BCUT2D eigenvalue weighted by Crippen LogP contribution is 2.18. The molecule has 1 unspecified atom stereocenters. The third-order valence-corrected chi connectivity index (χ3v) is 3.46. The van der Waals surface area contributed by atoms with E-state index >= 15 is 0 Å². The number of carbonyl (C=O) groups is 2. The van der Waals surface area contributed by atoms with Crippen LogP contribution in [0, 0.1) is 0 Å². The van der Waals surface area contributed by atoms with Crippen LogP contribution in [0.3, 0.4) is 0 Å². The summed E-state index contributed by atoms with van der Waals surface area (Å²) in [4.78, 5) is 30.0. The van der Waals surface area contributed by atoms with Gasteiger partial charge < -0.3 is 15.5 Å². The molecule has 0 aliphatic carbocycles. The molecule has 2 rings (SSSR count). The Labute approximate surface area is 122 Å². The molecule has 1 atom stereocenters. The van der Waals surface area contributed by atoms with E-state index in [0.29, 0.717) is 36.8 Å². The number of aromatic nitrogens is 1. The van der Waals surface area contributed by atoms with Crippen LogP contribution in [0.5, 0.6) is 0 Å². The van der Waals surface area contributed by atoms with Crippen LogP contribution in [0.25, 0.3) is 0 Å². The second-order valence-electron chi connectivity index (χ2n) is 4.47. The third-order valence-electron chi connectivity index (χ3n) is 3.16. The first kappa shape index (κ1) is 14.7. The number of nitrogens with one attached hydrogen (secondary N) is 2. The first-order valence-electron chi connectivity index (χ1n) is 6.54. The molecule has 0 spiro atoms. The Morgan fingerprint density at radius 2 is 2.40 bits per heavy atom. The highest BCUT2D eigenvalue weighted by atomic mass is 35.5. The molecule has 2 amide bonds. The number of amides is 2. The molecule has 7 heteroatoms. The number of pyridine rings is 1. The van der Waals surface area contributed by atoms with E-state index in [2.05, 4.69) is 15.6 Å². The molecule has 0 saturated carbocycles. The lowest BCUT2D eigenvalue weighted by Crippen LogP contribution is -2.59. The standard InChI is InChI=1S/C13H17ClN4O2/c1-2-17-12(19)11-8-16-5-6-18(11)13(20)9-3-4-15-7-10(9)14/h3-4,7,11,16H,2,5-6,8H2,1H3,(H,17,19). The van der Waals surface area contributed by atoms with Gasteiger partial charge in [0.25, 0.3) is 5.91 Å². The zero-order chi connectivity index (χ0) is 14.5. The van der Waals surface area contributed by atoms with Crippen LogP contribution in [0.1, 0.15) is 17.3 Å². The molecule has 2 N–H and O–H groups in total. The molecular formula is C13H17ClN4O2. The van der Waals surface area contributed by atoms with Crippen molar-refractivity contribution < 1.29 is 9.59 Å². The summed E-state index contributed by atoms with van der Waals surface area (Å²) in [6.45, 7) is 3.96. The van der Waals surface area contributed by atoms with Crippen LogP contribution < -0.4 is 10.6 Å². The Bertz CT molecular complexity index is 509. The average molecular weight is 297 g/mol. The summed E-state index contributed by atoms with van der Waals surface area (Å²) in [5, 5.41) is 6.17. The summed E-state index contributed by atoms with van der Waals surface area (Å²) in [7, 11) is 0. The van der Waals surface area contributed by atoms with Gasteiger partial charge in [0.2, 0.25) is 5.91 Å². The summed E-state index contributed by atoms with van der Waals surface area (Å²) in [6.07, 6.45) is 2.94. The molecule has 1 fully saturated rings. The van der Waals surface area contributed by atoms with Gasteiger partial charge in [-0.2, -0.15) is 0 Å². The van der Waals surface area contributed by atoms with Crippen molar-refractivity contribution in [2.45, 2.75) is 13.0 Å². The second-order valence-corrected chi connectivity index (χ2v) is 4.88. The quantitative estimate of drug-likeness (QED) is 0.840. The minimum Gasteiger partial charge on any atom is -0.355 e.